The molecule has 0 spiro atoms. The van der Waals surface area contributed by atoms with Gasteiger partial charge < -0.3 is 5.32 Å². The highest BCUT2D eigenvalue weighted by atomic mass is 32.2. The van der Waals surface area contributed by atoms with E-state index in [9.17, 15) is 8.42 Å². The van der Waals surface area contributed by atoms with E-state index < -0.39 is 9.84 Å². The van der Waals surface area contributed by atoms with Crippen LogP contribution in [-0.4, -0.2) is 32.0 Å². The summed E-state index contributed by atoms with van der Waals surface area (Å²) >= 11 is 0. The van der Waals surface area contributed by atoms with Gasteiger partial charge in [-0.05, 0) is 39.5 Å². The Kier molecular flexibility index (Phi) is 5.98. The Balaban J connectivity index is 4.13. The van der Waals surface area contributed by atoms with E-state index in [-0.39, 0.29) is 11.3 Å². The van der Waals surface area contributed by atoms with Crippen molar-refractivity contribution in [1.82, 2.24) is 5.32 Å². The SMILES string of the molecule is CC(C)CC(C)NC(C)(C)CCS(C)(=O)=O. The first-order valence-electron chi connectivity index (χ1n) is 5.97. The molecular weight excluding hydrogens is 222 g/mol. The molecule has 1 atom stereocenters. The van der Waals surface area contributed by atoms with Gasteiger partial charge in [-0.3, -0.25) is 0 Å². The first-order valence-corrected chi connectivity index (χ1v) is 8.03. The zero-order chi connectivity index (χ0) is 13.0. The maximum Gasteiger partial charge on any atom is 0.147 e. The van der Waals surface area contributed by atoms with Crippen LogP contribution in [-0.2, 0) is 9.84 Å². The molecule has 0 aliphatic carbocycles. The molecule has 0 bridgehead atoms. The second kappa shape index (κ2) is 6.01. The van der Waals surface area contributed by atoms with Gasteiger partial charge in [-0.2, -0.15) is 0 Å². The van der Waals surface area contributed by atoms with Crippen LogP contribution in [0.1, 0.15) is 47.5 Å². The van der Waals surface area contributed by atoms with Gasteiger partial charge in [-0.15, -0.1) is 0 Å². The van der Waals surface area contributed by atoms with Gasteiger partial charge in [-0.1, -0.05) is 13.8 Å². The van der Waals surface area contributed by atoms with Crippen LogP contribution in [0.5, 0.6) is 0 Å². The molecule has 1 N–H and O–H groups in total. The number of sulfone groups is 1. The van der Waals surface area contributed by atoms with Crippen LogP contribution in [0.4, 0.5) is 0 Å². The van der Waals surface area contributed by atoms with Crippen LogP contribution in [0.25, 0.3) is 0 Å². The minimum absolute atomic E-state index is 0.114. The lowest BCUT2D eigenvalue weighted by atomic mass is 9.97. The predicted octanol–water partition coefficient (Wildman–Crippen LogP) is 2.22. The fourth-order valence-electron chi connectivity index (χ4n) is 1.95. The Hall–Kier alpha value is -0.0900. The standard InChI is InChI=1S/C12H27NO2S/c1-10(2)9-11(3)13-12(4,5)7-8-16(6,14)15/h10-11,13H,7-9H2,1-6H3. The molecule has 0 aliphatic rings. The minimum Gasteiger partial charge on any atom is -0.309 e. The fraction of sp³-hybridized carbons (Fsp3) is 1.00. The molecule has 0 aliphatic heterocycles. The highest BCUT2D eigenvalue weighted by Crippen LogP contribution is 2.14. The van der Waals surface area contributed by atoms with Crippen LogP contribution in [0, 0.1) is 5.92 Å². The van der Waals surface area contributed by atoms with Crippen molar-refractivity contribution in [3.63, 3.8) is 0 Å². The van der Waals surface area contributed by atoms with Crippen molar-refractivity contribution in [3.05, 3.63) is 0 Å². The number of nitrogens with one attached hydrogen (secondary N) is 1. The Morgan fingerprint density at radius 3 is 2.06 bits per heavy atom. The van der Waals surface area contributed by atoms with Crippen molar-refractivity contribution in [2.75, 3.05) is 12.0 Å². The Labute approximate surface area is 101 Å². The van der Waals surface area contributed by atoms with Gasteiger partial charge in [0, 0.05) is 17.8 Å². The lowest BCUT2D eigenvalue weighted by molar-refractivity contribution is 0.308. The summed E-state index contributed by atoms with van der Waals surface area (Å²) in [5, 5.41) is 3.50. The molecular formula is C12H27NO2S. The van der Waals surface area contributed by atoms with Crippen LogP contribution in [0.15, 0.2) is 0 Å². The molecule has 1 unspecified atom stereocenters. The van der Waals surface area contributed by atoms with Crippen molar-refractivity contribution in [2.24, 2.45) is 5.92 Å². The molecule has 0 saturated heterocycles. The average Bonchev–Trinajstić information content (AvgIpc) is 1.96. The summed E-state index contributed by atoms with van der Waals surface area (Å²) in [7, 11) is -2.86. The Morgan fingerprint density at radius 1 is 1.19 bits per heavy atom. The van der Waals surface area contributed by atoms with E-state index in [2.05, 4.69) is 39.9 Å². The summed E-state index contributed by atoms with van der Waals surface area (Å²) in [4.78, 5) is 0. The first kappa shape index (κ1) is 15.9. The van der Waals surface area contributed by atoms with Gasteiger partial charge in [-0.25, -0.2) is 8.42 Å². The summed E-state index contributed by atoms with van der Waals surface area (Å²) < 4.78 is 22.2. The Bertz CT molecular complexity index is 294. The van der Waals surface area contributed by atoms with Gasteiger partial charge in [0.2, 0.25) is 0 Å². The van der Waals surface area contributed by atoms with Crippen LogP contribution in [0.2, 0.25) is 0 Å². The number of rotatable bonds is 7. The van der Waals surface area contributed by atoms with Gasteiger partial charge in [0.15, 0.2) is 0 Å². The highest BCUT2D eigenvalue weighted by Gasteiger charge is 2.21. The Morgan fingerprint density at radius 2 is 1.69 bits per heavy atom. The quantitative estimate of drug-likeness (QED) is 0.752. The summed E-state index contributed by atoms with van der Waals surface area (Å²) in [6.07, 6.45) is 3.07. The van der Waals surface area contributed by atoms with E-state index >= 15 is 0 Å². The second-order valence-corrected chi connectivity index (χ2v) is 8.20. The molecule has 0 saturated carbocycles. The number of hydrogen-bond donors (Lipinski definition) is 1. The van der Waals surface area contributed by atoms with Crippen LogP contribution >= 0.6 is 0 Å². The van der Waals surface area contributed by atoms with E-state index in [0.29, 0.717) is 18.4 Å². The molecule has 0 heterocycles. The molecule has 0 rings (SSSR count). The van der Waals surface area contributed by atoms with E-state index in [1.807, 2.05) is 0 Å². The summed E-state index contributed by atoms with van der Waals surface area (Å²) in [5.74, 6) is 0.912. The maximum atomic E-state index is 11.1. The maximum absolute atomic E-state index is 11.1. The summed E-state index contributed by atoms with van der Waals surface area (Å²) in [5.41, 5.74) is -0.114. The van der Waals surface area contributed by atoms with Crippen molar-refractivity contribution >= 4 is 9.84 Å². The molecule has 0 radical (unpaired) electrons. The number of hydrogen-bond acceptors (Lipinski definition) is 3. The van der Waals surface area contributed by atoms with E-state index in [0.717, 1.165) is 6.42 Å². The fourth-order valence-corrected chi connectivity index (χ4v) is 2.83. The minimum atomic E-state index is -2.86. The molecule has 98 valence electrons. The van der Waals surface area contributed by atoms with Gasteiger partial charge in [0.05, 0.1) is 5.75 Å². The zero-order valence-corrected chi connectivity index (χ0v) is 12.3. The van der Waals surface area contributed by atoms with Crippen molar-refractivity contribution < 1.29 is 8.42 Å². The second-order valence-electron chi connectivity index (χ2n) is 5.94. The smallest absolute Gasteiger partial charge is 0.147 e. The van der Waals surface area contributed by atoms with Gasteiger partial charge in [0.25, 0.3) is 0 Å². The molecule has 4 heteroatoms. The zero-order valence-electron chi connectivity index (χ0n) is 11.5. The van der Waals surface area contributed by atoms with E-state index in [1.54, 1.807) is 0 Å². The molecule has 0 aromatic heterocycles. The monoisotopic (exact) mass is 249 g/mol. The van der Waals surface area contributed by atoms with Crippen molar-refractivity contribution in [2.45, 2.75) is 59.0 Å². The van der Waals surface area contributed by atoms with Gasteiger partial charge in [0.1, 0.15) is 9.84 Å². The molecule has 0 aromatic rings. The first-order chi connectivity index (χ1) is 7.02. The van der Waals surface area contributed by atoms with Gasteiger partial charge >= 0.3 is 0 Å². The third kappa shape index (κ3) is 9.16. The molecule has 0 fully saturated rings. The lowest BCUT2D eigenvalue weighted by Gasteiger charge is -2.31. The normalized spacial score (nSPS) is 15.4. The van der Waals surface area contributed by atoms with E-state index in [1.165, 1.54) is 6.26 Å². The largest absolute Gasteiger partial charge is 0.309 e. The molecule has 0 amide bonds. The average molecular weight is 249 g/mol. The molecule has 0 aromatic carbocycles. The topological polar surface area (TPSA) is 46.2 Å². The van der Waals surface area contributed by atoms with E-state index in [4.69, 9.17) is 0 Å². The lowest BCUT2D eigenvalue weighted by Crippen LogP contribution is -2.46. The predicted molar refractivity (Wildman–Crippen MR) is 70.5 cm³/mol. The van der Waals surface area contributed by atoms with Crippen LogP contribution in [0.3, 0.4) is 0 Å². The third-order valence-electron chi connectivity index (χ3n) is 2.56. The molecule has 3 nitrogen and oxygen atoms in total. The van der Waals surface area contributed by atoms with Crippen molar-refractivity contribution in [1.29, 1.82) is 0 Å². The van der Waals surface area contributed by atoms with Crippen molar-refractivity contribution in [3.8, 4) is 0 Å². The third-order valence-corrected chi connectivity index (χ3v) is 3.51. The summed E-state index contributed by atoms with van der Waals surface area (Å²) in [6, 6.07) is 0.426. The van der Waals surface area contributed by atoms with Crippen LogP contribution < -0.4 is 5.32 Å². The summed E-state index contributed by atoms with van der Waals surface area (Å²) in [6.45, 7) is 10.7. The highest BCUT2D eigenvalue weighted by molar-refractivity contribution is 7.90. The molecule has 16 heavy (non-hydrogen) atoms.